The van der Waals surface area contributed by atoms with Gasteiger partial charge in [0.25, 0.3) is 0 Å². The molecule has 0 fully saturated rings. The fourth-order valence-corrected chi connectivity index (χ4v) is 1.20. The average molecular weight is 220 g/mol. The number of carbonyl (C=O) groups excluding carboxylic acids is 1. The van der Waals surface area contributed by atoms with Crippen molar-refractivity contribution in [2.45, 2.75) is 13.8 Å². The summed E-state index contributed by atoms with van der Waals surface area (Å²) < 4.78 is 0. The molecule has 1 aromatic carbocycles. The van der Waals surface area contributed by atoms with Gasteiger partial charge in [-0.1, -0.05) is 18.2 Å². The molecule has 0 heterocycles. The van der Waals surface area contributed by atoms with Crippen LogP contribution in [0.5, 0.6) is 0 Å². The predicted molar refractivity (Wildman–Crippen MR) is 60.4 cm³/mol. The number of hydrogen-bond acceptors (Lipinski definition) is 3. The molecular weight excluding hydrogens is 208 g/mol. The van der Waals surface area contributed by atoms with Crippen molar-refractivity contribution in [3.8, 4) is 0 Å². The van der Waals surface area contributed by atoms with E-state index in [1.807, 2.05) is 0 Å². The molecule has 0 atom stereocenters. The summed E-state index contributed by atoms with van der Waals surface area (Å²) in [6.45, 7) is 3.06. The molecule has 0 saturated heterocycles. The minimum absolute atomic E-state index is 0.374. The zero-order valence-electron chi connectivity index (χ0n) is 9.06. The molecule has 1 amide bonds. The molecule has 1 N–H and O–H groups in total. The van der Waals surface area contributed by atoms with E-state index in [0.29, 0.717) is 11.3 Å². The highest BCUT2D eigenvalue weighted by molar-refractivity contribution is 6.02. The molecule has 0 unspecified atom stereocenters. The molecule has 5 heteroatoms. The zero-order valence-corrected chi connectivity index (χ0v) is 9.06. The largest absolute Gasteiger partial charge is 0.332 e. The second-order valence-electron chi connectivity index (χ2n) is 3.43. The second-order valence-corrected chi connectivity index (χ2v) is 3.43. The van der Waals surface area contributed by atoms with Crippen LogP contribution in [0.4, 0.5) is 5.69 Å². The molecule has 0 spiro atoms. The molecule has 84 valence electrons. The summed E-state index contributed by atoms with van der Waals surface area (Å²) in [5.41, 5.74) is 0.496. The maximum absolute atomic E-state index is 11.6. The Balaban J connectivity index is 2.88. The molecular formula is C11H12N2O3. The van der Waals surface area contributed by atoms with Crippen molar-refractivity contribution in [3.05, 3.63) is 51.7 Å². The Bertz CT molecular complexity index is 434. The van der Waals surface area contributed by atoms with E-state index >= 15 is 0 Å². The Labute approximate surface area is 92.9 Å². The molecule has 1 aromatic rings. The van der Waals surface area contributed by atoms with Gasteiger partial charge in [-0.3, -0.25) is 14.9 Å². The first-order chi connectivity index (χ1) is 7.52. The van der Waals surface area contributed by atoms with Gasteiger partial charge in [-0.2, -0.15) is 0 Å². The molecule has 0 aliphatic carbocycles. The minimum atomic E-state index is -0.698. The summed E-state index contributed by atoms with van der Waals surface area (Å²) in [7, 11) is 0. The summed E-state index contributed by atoms with van der Waals surface area (Å²) in [6, 6.07) is 8.61. The maximum Gasteiger partial charge on any atom is 0.332 e. The normalized spacial score (nSPS) is 9.38. The van der Waals surface area contributed by atoms with Crippen LogP contribution in [0.1, 0.15) is 13.8 Å². The molecule has 0 saturated carbocycles. The van der Waals surface area contributed by atoms with Gasteiger partial charge < -0.3 is 5.32 Å². The van der Waals surface area contributed by atoms with Crippen molar-refractivity contribution in [1.29, 1.82) is 0 Å². The molecule has 16 heavy (non-hydrogen) atoms. The van der Waals surface area contributed by atoms with Gasteiger partial charge in [-0.05, 0) is 26.0 Å². The summed E-state index contributed by atoms with van der Waals surface area (Å²) in [4.78, 5) is 21.6. The van der Waals surface area contributed by atoms with Gasteiger partial charge in [0.1, 0.15) is 0 Å². The lowest BCUT2D eigenvalue weighted by Crippen LogP contribution is -2.20. The van der Waals surface area contributed by atoms with Gasteiger partial charge in [0, 0.05) is 11.3 Å². The molecule has 5 nitrogen and oxygen atoms in total. The fraction of sp³-hybridized carbons (Fsp3) is 0.182. The quantitative estimate of drug-likeness (QED) is 0.482. The predicted octanol–water partition coefficient (Wildman–Crippen LogP) is 2.20. The summed E-state index contributed by atoms with van der Waals surface area (Å²) in [5.74, 6) is -0.698. The lowest BCUT2D eigenvalue weighted by Gasteiger charge is -2.03. The lowest BCUT2D eigenvalue weighted by molar-refractivity contribution is -0.419. The number of carbonyl (C=O) groups is 1. The highest BCUT2D eigenvalue weighted by Gasteiger charge is 2.23. The Hall–Kier alpha value is -2.17. The van der Waals surface area contributed by atoms with Crippen molar-refractivity contribution >= 4 is 11.6 Å². The van der Waals surface area contributed by atoms with Crippen LogP contribution in [-0.2, 0) is 4.79 Å². The van der Waals surface area contributed by atoms with Crippen LogP contribution in [0.3, 0.4) is 0 Å². The van der Waals surface area contributed by atoms with Crippen LogP contribution < -0.4 is 5.32 Å². The number of amides is 1. The van der Waals surface area contributed by atoms with E-state index in [4.69, 9.17) is 0 Å². The van der Waals surface area contributed by atoms with Gasteiger partial charge in [0.2, 0.25) is 0 Å². The fourth-order valence-electron chi connectivity index (χ4n) is 1.20. The van der Waals surface area contributed by atoms with E-state index in [2.05, 4.69) is 5.32 Å². The SMILES string of the molecule is CC(C)=C(C(=O)Nc1ccccc1)[N+](=O)[O-]. The van der Waals surface area contributed by atoms with Gasteiger partial charge in [0.05, 0.1) is 4.92 Å². The number of hydrogen-bond donors (Lipinski definition) is 1. The number of rotatable bonds is 3. The van der Waals surface area contributed by atoms with Crippen LogP contribution in [0.15, 0.2) is 41.6 Å². The van der Waals surface area contributed by atoms with Crippen LogP contribution in [0.25, 0.3) is 0 Å². The Kier molecular flexibility index (Phi) is 3.77. The molecule has 0 aromatic heterocycles. The van der Waals surface area contributed by atoms with Crippen molar-refractivity contribution in [2.24, 2.45) is 0 Å². The van der Waals surface area contributed by atoms with E-state index in [0.717, 1.165) is 0 Å². The minimum Gasteiger partial charge on any atom is -0.317 e. The summed E-state index contributed by atoms with van der Waals surface area (Å²) in [6.07, 6.45) is 0. The van der Waals surface area contributed by atoms with Crippen molar-refractivity contribution < 1.29 is 9.72 Å². The first-order valence-electron chi connectivity index (χ1n) is 4.70. The van der Waals surface area contributed by atoms with E-state index in [9.17, 15) is 14.9 Å². The van der Waals surface area contributed by atoms with E-state index in [1.54, 1.807) is 30.3 Å². The highest BCUT2D eigenvalue weighted by atomic mass is 16.6. The first kappa shape index (κ1) is 11.9. The summed E-state index contributed by atoms with van der Waals surface area (Å²) >= 11 is 0. The Morgan fingerprint density at radius 2 is 1.81 bits per heavy atom. The topological polar surface area (TPSA) is 72.2 Å². The number of nitrogens with zero attached hydrogens (tertiary/aromatic N) is 1. The lowest BCUT2D eigenvalue weighted by atomic mass is 10.2. The number of para-hydroxylation sites is 1. The average Bonchev–Trinajstić information content (AvgIpc) is 2.17. The van der Waals surface area contributed by atoms with E-state index < -0.39 is 16.5 Å². The number of nitro groups is 1. The maximum atomic E-state index is 11.6. The number of anilines is 1. The van der Waals surface area contributed by atoms with Crippen molar-refractivity contribution in [2.75, 3.05) is 5.32 Å². The molecule has 0 aliphatic heterocycles. The van der Waals surface area contributed by atoms with Gasteiger partial charge >= 0.3 is 11.6 Å². The van der Waals surface area contributed by atoms with Crippen LogP contribution >= 0.6 is 0 Å². The third kappa shape index (κ3) is 2.91. The Morgan fingerprint density at radius 1 is 1.25 bits per heavy atom. The van der Waals surface area contributed by atoms with Crippen LogP contribution in [-0.4, -0.2) is 10.8 Å². The van der Waals surface area contributed by atoms with Gasteiger partial charge in [0.15, 0.2) is 0 Å². The molecule has 0 bridgehead atoms. The number of nitrogens with one attached hydrogen (secondary N) is 1. The zero-order chi connectivity index (χ0) is 12.1. The van der Waals surface area contributed by atoms with E-state index in [-0.39, 0.29) is 0 Å². The Morgan fingerprint density at radius 3 is 2.25 bits per heavy atom. The van der Waals surface area contributed by atoms with Gasteiger partial charge in [-0.25, -0.2) is 0 Å². The monoisotopic (exact) mass is 220 g/mol. The third-order valence-corrected chi connectivity index (χ3v) is 1.90. The standard InChI is InChI=1S/C11H12N2O3/c1-8(2)10(13(15)16)11(14)12-9-6-4-3-5-7-9/h3-7H,1-2H3,(H,12,14). The van der Waals surface area contributed by atoms with Crippen LogP contribution in [0.2, 0.25) is 0 Å². The smallest absolute Gasteiger partial charge is 0.317 e. The van der Waals surface area contributed by atoms with Crippen LogP contribution in [0, 0.1) is 10.1 Å². The molecule has 0 aliphatic rings. The van der Waals surface area contributed by atoms with Gasteiger partial charge in [-0.15, -0.1) is 0 Å². The third-order valence-electron chi connectivity index (χ3n) is 1.90. The summed E-state index contributed by atoms with van der Waals surface area (Å²) in [5, 5.41) is 13.1. The first-order valence-corrected chi connectivity index (χ1v) is 4.70. The van der Waals surface area contributed by atoms with E-state index in [1.165, 1.54) is 13.8 Å². The van der Waals surface area contributed by atoms with Crippen molar-refractivity contribution in [3.63, 3.8) is 0 Å². The molecule has 1 rings (SSSR count). The highest BCUT2D eigenvalue weighted by Crippen LogP contribution is 2.10. The van der Waals surface area contributed by atoms with Crippen molar-refractivity contribution in [1.82, 2.24) is 0 Å². The number of allylic oxidation sites excluding steroid dienone is 1. The molecule has 0 radical (unpaired) electrons. The second kappa shape index (κ2) is 5.06. The number of benzene rings is 1.